The molecule has 0 saturated heterocycles. The Kier molecular flexibility index (Phi) is 3.69. The fraction of sp³-hybridized carbons (Fsp3) is 0.200. The molecule has 0 heterocycles. The Balaban J connectivity index is 3.25. The van der Waals surface area contributed by atoms with Gasteiger partial charge < -0.3 is 10.4 Å². The zero-order valence-electron chi connectivity index (χ0n) is 8.04. The van der Waals surface area contributed by atoms with E-state index in [4.69, 9.17) is 5.26 Å². The first kappa shape index (κ1) is 11.5. The summed E-state index contributed by atoms with van der Waals surface area (Å²) in [4.78, 5) is 10.9. The quantitative estimate of drug-likeness (QED) is 0.808. The monoisotopic (exact) mass is 268 g/mol. The highest BCUT2D eigenvalue weighted by molar-refractivity contribution is 9.10. The molecule has 15 heavy (non-hydrogen) atoms. The van der Waals surface area contributed by atoms with Gasteiger partial charge in [-0.15, -0.1) is 0 Å². The van der Waals surface area contributed by atoms with Crippen LogP contribution in [0.4, 0.5) is 5.69 Å². The van der Waals surface area contributed by atoms with Crippen molar-refractivity contribution in [1.82, 2.24) is 0 Å². The molecule has 0 aliphatic carbocycles. The number of benzene rings is 1. The van der Waals surface area contributed by atoms with Crippen molar-refractivity contribution in [1.29, 1.82) is 5.26 Å². The lowest BCUT2D eigenvalue weighted by Gasteiger charge is -2.11. The van der Waals surface area contributed by atoms with Crippen molar-refractivity contribution in [3.05, 3.63) is 22.2 Å². The Labute approximate surface area is 95.7 Å². The predicted octanol–water partition coefficient (Wildman–Crippen LogP) is 2.18. The van der Waals surface area contributed by atoms with E-state index in [1.807, 2.05) is 6.07 Å². The van der Waals surface area contributed by atoms with E-state index in [0.29, 0.717) is 15.7 Å². The van der Waals surface area contributed by atoms with Crippen LogP contribution >= 0.6 is 15.9 Å². The summed E-state index contributed by atoms with van der Waals surface area (Å²) >= 11 is 3.26. The summed E-state index contributed by atoms with van der Waals surface area (Å²) in [5.74, 6) is -0.332. The SMILES string of the molecule is CC(=O)Nc1c(O)ccc(Br)c1CC#N. The number of hydrogen-bond donors (Lipinski definition) is 2. The van der Waals surface area contributed by atoms with Crippen molar-refractivity contribution in [2.75, 3.05) is 5.32 Å². The molecule has 4 nitrogen and oxygen atoms in total. The van der Waals surface area contributed by atoms with Crippen molar-refractivity contribution in [2.45, 2.75) is 13.3 Å². The summed E-state index contributed by atoms with van der Waals surface area (Å²) in [7, 11) is 0. The first-order valence-electron chi connectivity index (χ1n) is 4.21. The molecule has 1 rings (SSSR count). The van der Waals surface area contributed by atoms with Gasteiger partial charge in [0.1, 0.15) is 5.75 Å². The highest BCUT2D eigenvalue weighted by Crippen LogP contribution is 2.33. The van der Waals surface area contributed by atoms with Crippen LogP contribution in [0.15, 0.2) is 16.6 Å². The summed E-state index contributed by atoms with van der Waals surface area (Å²) in [6.45, 7) is 1.34. The molecule has 0 saturated carbocycles. The van der Waals surface area contributed by atoms with Crippen LogP contribution in [0.1, 0.15) is 12.5 Å². The molecule has 5 heteroatoms. The van der Waals surface area contributed by atoms with Gasteiger partial charge in [0.05, 0.1) is 18.2 Å². The lowest BCUT2D eigenvalue weighted by atomic mass is 10.1. The van der Waals surface area contributed by atoms with Gasteiger partial charge in [-0.05, 0) is 12.1 Å². The van der Waals surface area contributed by atoms with Crippen LogP contribution in [-0.4, -0.2) is 11.0 Å². The minimum Gasteiger partial charge on any atom is -0.506 e. The van der Waals surface area contributed by atoms with Crippen LogP contribution < -0.4 is 5.32 Å². The van der Waals surface area contributed by atoms with Crippen molar-refractivity contribution in [3.8, 4) is 11.8 Å². The van der Waals surface area contributed by atoms with Crippen molar-refractivity contribution in [2.24, 2.45) is 0 Å². The second kappa shape index (κ2) is 4.80. The largest absolute Gasteiger partial charge is 0.506 e. The van der Waals surface area contributed by atoms with Crippen LogP contribution in [0.2, 0.25) is 0 Å². The van der Waals surface area contributed by atoms with Gasteiger partial charge >= 0.3 is 0 Å². The summed E-state index contributed by atoms with van der Waals surface area (Å²) in [5.41, 5.74) is 0.867. The van der Waals surface area contributed by atoms with Crippen LogP contribution in [-0.2, 0) is 11.2 Å². The van der Waals surface area contributed by atoms with Crippen molar-refractivity contribution >= 4 is 27.5 Å². The first-order chi connectivity index (χ1) is 7.06. The van der Waals surface area contributed by atoms with E-state index in [1.54, 1.807) is 6.07 Å². The van der Waals surface area contributed by atoms with Gasteiger partial charge in [-0.2, -0.15) is 5.26 Å². The smallest absolute Gasteiger partial charge is 0.221 e. The van der Waals surface area contributed by atoms with Gasteiger partial charge in [-0.1, -0.05) is 15.9 Å². The average molecular weight is 269 g/mol. The highest BCUT2D eigenvalue weighted by Gasteiger charge is 2.12. The number of hydrogen-bond acceptors (Lipinski definition) is 3. The molecule has 0 aliphatic rings. The van der Waals surface area contributed by atoms with E-state index in [1.165, 1.54) is 13.0 Å². The molecular formula is C10H9BrN2O2. The molecule has 2 N–H and O–H groups in total. The lowest BCUT2D eigenvalue weighted by Crippen LogP contribution is -2.08. The number of amides is 1. The molecule has 1 aromatic rings. The molecular weight excluding hydrogens is 260 g/mol. The van der Waals surface area contributed by atoms with Crippen LogP contribution in [0.25, 0.3) is 0 Å². The number of aromatic hydroxyl groups is 1. The maximum atomic E-state index is 10.9. The van der Waals surface area contributed by atoms with Gasteiger partial charge in [0.2, 0.25) is 5.91 Å². The predicted molar refractivity (Wildman–Crippen MR) is 59.4 cm³/mol. The Morgan fingerprint density at radius 3 is 2.87 bits per heavy atom. The first-order valence-corrected chi connectivity index (χ1v) is 5.00. The van der Waals surface area contributed by atoms with Crippen LogP contribution in [0.5, 0.6) is 5.75 Å². The van der Waals surface area contributed by atoms with E-state index < -0.39 is 0 Å². The number of nitriles is 1. The minimum atomic E-state index is -0.289. The molecule has 0 fully saturated rings. The van der Waals surface area contributed by atoms with Gasteiger partial charge in [-0.25, -0.2) is 0 Å². The number of phenolic OH excluding ortho intramolecular Hbond substituents is 1. The molecule has 78 valence electrons. The lowest BCUT2D eigenvalue weighted by molar-refractivity contribution is -0.114. The highest BCUT2D eigenvalue weighted by atomic mass is 79.9. The number of phenols is 1. The zero-order chi connectivity index (χ0) is 11.4. The van der Waals surface area contributed by atoms with E-state index in [9.17, 15) is 9.90 Å². The molecule has 0 spiro atoms. The number of anilines is 1. The molecule has 0 aromatic heterocycles. The van der Waals surface area contributed by atoms with E-state index in [0.717, 1.165) is 0 Å². The topological polar surface area (TPSA) is 73.1 Å². The molecule has 0 unspecified atom stereocenters. The Bertz CT molecular complexity index is 438. The van der Waals surface area contributed by atoms with Gasteiger partial charge in [0, 0.05) is 17.0 Å². The van der Waals surface area contributed by atoms with Gasteiger partial charge in [0.15, 0.2) is 0 Å². The molecule has 1 aromatic carbocycles. The summed E-state index contributed by atoms with van der Waals surface area (Å²) in [5, 5.41) is 20.7. The number of carbonyl (C=O) groups is 1. The zero-order valence-corrected chi connectivity index (χ0v) is 9.63. The molecule has 0 bridgehead atoms. The maximum absolute atomic E-state index is 10.9. The molecule has 0 radical (unpaired) electrons. The van der Waals surface area contributed by atoms with E-state index >= 15 is 0 Å². The minimum absolute atomic E-state index is 0.0429. The summed E-state index contributed by atoms with van der Waals surface area (Å²) in [6.07, 6.45) is 0.116. The summed E-state index contributed by atoms with van der Waals surface area (Å²) < 4.78 is 0.686. The fourth-order valence-electron chi connectivity index (χ4n) is 1.18. The Hall–Kier alpha value is -1.54. The normalized spacial score (nSPS) is 9.40. The van der Waals surface area contributed by atoms with Gasteiger partial charge in [0.25, 0.3) is 0 Å². The third-order valence-electron chi connectivity index (χ3n) is 1.79. The van der Waals surface area contributed by atoms with Crippen molar-refractivity contribution < 1.29 is 9.90 Å². The standard InChI is InChI=1S/C10H9BrN2O2/c1-6(14)13-10-7(4-5-12)8(11)2-3-9(10)15/h2-3,15H,4H2,1H3,(H,13,14). The number of carbonyl (C=O) groups excluding carboxylic acids is 1. The van der Waals surface area contributed by atoms with Crippen molar-refractivity contribution in [3.63, 3.8) is 0 Å². The second-order valence-corrected chi connectivity index (χ2v) is 3.79. The molecule has 0 atom stereocenters. The summed E-state index contributed by atoms with van der Waals surface area (Å²) in [6, 6.07) is 5.06. The third kappa shape index (κ3) is 2.70. The fourth-order valence-corrected chi connectivity index (χ4v) is 1.65. The molecule has 1 amide bonds. The van der Waals surface area contributed by atoms with E-state index in [-0.39, 0.29) is 18.1 Å². The van der Waals surface area contributed by atoms with Gasteiger partial charge in [-0.3, -0.25) is 4.79 Å². The number of nitrogens with zero attached hydrogens (tertiary/aromatic N) is 1. The average Bonchev–Trinajstić information content (AvgIpc) is 2.17. The van der Waals surface area contributed by atoms with Crippen LogP contribution in [0.3, 0.4) is 0 Å². The number of nitrogens with one attached hydrogen (secondary N) is 1. The number of halogens is 1. The van der Waals surface area contributed by atoms with E-state index in [2.05, 4.69) is 21.2 Å². The maximum Gasteiger partial charge on any atom is 0.221 e. The van der Waals surface area contributed by atoms with Crippen LogP contribution in [0, 0.1) is 11.3 Å². The number of rotatable bonds is 2. The Morgan fingerprint density at radius 2 is 2.33 bits per heavy atom. The Morgan fingerprint density at radius 1 is 1.67 bits per heavy atom. The third-order valence-corrected chi connectivity index (χ3v) is 2.53. The molecule has 0 aliphatic heterocycles. The second-order valence-electron chi connectivity index (χ2n) is 2.94.